The molecular formula is C31H38ClN3O5S. The third-order valence-corrected chi connectivity index (χ3v) is 9.18. The molecule has 2 amide bonds. The van der Waals surface area contributed by atoms with Gasteiger partial charge in [-0.15, -0.1) is 0 Å². The van der Waals surface area contributed by atoms with Crippen molar-refractivity contribution in [3.8, 4) is 5.75 Å². The van der Waals surface area contributed by atoms with Gasteiger partial charge in [-0.3, -0.25) is 13.9 Å². The SMILES string of the molecule is CCC(C)NC(=O)C(CC)N(Cc1cccc(OC)c1)C(=O)CN(c1cccc(Cl)c1C)S(=O)(=O)c1ccccc1. The van der Waals surface area contributed by atoms with Crippen LogP contribution in [0.5, 0.6) is 5.75 Å². The average Bonchev–Trinajstić information content (AvgIpc) is 2.97. The van der Waals surface area contributed by atoms with E-state index >= 15 is 0 Å². The summed E-state index contributed by atoms with van der Waals surface area (Å²) in [6.07, 6.45) is 1.06. The monoisotopic (exact) mass is 599 g/mol. The Labute approximate surface area is 248 Å². The first-order valence-corrected chi connectivity index (χ1v) is 15.4. The molecule has 3 aromatic rings. The molecule has 0 bridgehead atoms. The van der Waals surface area contributed by atoms with Crippen molar-refractivity contribution in [1.82, 2.24) is 10.2 Å². The molecule has 0 aliphatic heterocycles. The van der Waals surface area contributed by atoms with Gasteiger partial charge in [0.25, 0.3) is 10.0 Å². The van der Waals surface area contributed by atoms with E-state index in [1.165, 1.54) is 17.0 Å². The van der Waals surface area contributed by atoms with Gasteiger partial charge in [-0.2, -0.15) is 0 Å². The first-order chi connectivity index (χ1) is 19.5. The van der Waals surface area contributed by atoms with Gasteiger partial charge in [0.1, 0.15) is 18.3 Å². The van der Waals surface area contributed by atoms with Gasteiger partial charge in [-0.1, -0.05) is 61.8 Å². The van der Waals surface area contributed by atoms with E-state index < -0.39 is 28.5 Å². The minimum absolute atomic E-state index is 0.0353. The summed E-state index contributed by atoms with van der Waals surface area (Å²) >= 11 is 6.38. The highest BCUT2D eigenvalue weighted by atomic mass is 35.5. The number of nitrogens with one attached hydrogen (secondary N) is 1. The predicted octanol–water partition coefficient (Wildman–Crippen LogP) is 5.57. The number of amides is 2. The minimum atomic E-state index is -4.17. The molecule has 0 fully saturated rings. The number of halogens is 1. The quantitative estimate of drug-likeness (QED) is 0.277. The van der Waals surface area contributed by atoms with E-state index in [-0.39, 0.29) is 29.1 Å². The normalized spacial score (nSPS) is 12.7. The maximum Gasteiger partial charge on any atom is 0.264 e. The van der Waals surface area contributed by atoms with Crippen LogP contribution in [-0.4, -0.2) is 50.9 Å². The summed E-state index contributed by atoms with van der Waals surface area (Å²) in [5, 5.41) is 3.35. The number of hydrogen-bond donors (Lipinski definition) is 1. The van der Waals surface area contributed by atoms with Crippen LogP contribution in [0.1, 0.15) is 44.7 Å². The average molecular weight is 600 g/mol. The molecule has 0 radical (unpaired) electrons. The number of anilines is 1. The summed E-state index contributed by atoms with van der Waals surface area (Å²) in [4.78, 5) is 29.1. The molecule has 0 aromatic heterocycles. The zero-order valence-corrected chi connectivity index (χ0v) is 25.7. The maximum atomic E-state index is 14.2. The first-order valence-electron chi connectivity index (χ1n) is 13.6. The number of ether oxygens (including phenoxy) is 1. The molecule has 0 aliphatic rings. The second-order valence-electron chi connectivity index (χ2n) is 9.82. The Hall–Kier alpha value is -3.56. The molecule has 2 unspecified atom stereocenters. The van der Waals surface area contributed by atoms with Crippen molar-refractivity contribution in [3.05, 3.63) is 88.9 Å². The Kier molecular flexibility index (Phi) is 11.2. The molecule has 2 atom stereocenters. The van der Waals surface area contributed by atoms with Crippen LogP contribution in [0.2, 0.25) is 5.02 Å². The van der Waals surface area contributed by atoms with Crippen LogP contribution in [0.25, 0.3) is 0 Å². The van der Waals surface area contributed by atoms with Crippen molar-refractivity contribution < 1.29 is 22.7 Å². The number of sulfonamides is 1. The van der Waals surface area contributed by atoms with Crippen LogP contribution in [0.4, 0.5) is 5.69 Å². The lowest BCUT2D eigenvalue weighted by Crippen LogP contribution is -2.53. The van der Waals surface area contributed by atoms with Crippen LogP contribution >= 0.6 is 11.6 Å². The lowest BCUT2D eigenvalue weighted by Gasteiger charge is -2.34. The number of rotatable bonds is 13. The molecule has 3 rings (SSSR count). The van der Waals surface area contributed by atoms with Crippen LogP contribution < -0.4 is 14.4 Å². The molecule has 10 heteroatoms. The highest BCUT2D eigenvalue weighted by molar-refractivity contribution is 7.92. The van der Waals surface area contributed by atoms with Crippen molar-refractivity contribution in [3.63, 3.8) is 0 Å². The van der Waals surface area contributed by atoms with E-state index in [4.69, 9.17) is 16.3 Å². The number of hydrogen-bond acceptors (Lipinski definition) is 5. The number of nitrogens with zero attached hydrogens (tertiary/aromatic N) is 2. The van der Waals surface area contributed by atoms with Crippen LogP contribution in [0.15, 0.2) is 77.7 Å². The molecule has 0 spiro atoms. The highest BCUT2D eigenvalue weighted by Gasteiger charge is 2.34. The van der Waals surface area contributed by atoms with E-state index in [0.29, 0.717) is 22.8 Å². The van der Waals surface area contributed by atoms with Crippen LogP contribution in [-0.2, 0) is 26.2 Å². The van der Waals surface area contributed by atoms with Crippen molar-refractivity contribution >= 4 is 39.1 Å². The van der Waals surface area contributed by atoms with Gasteiger partial charge in [0.05, 0.1) is 17.7 Å². The number of methoxy groups -OCH3 is 1. The van der Waals surface area contributed by atoms with Gasteiger partial charge in [0.15, 0.2) is 0 Å². The number of benzene rings is 3. The van der Waals surface area contributed by atoms with Gasteiger partial charge >= 0.3 is 0 Å². The lowest BCUT2D eigenvalue weighted by atomic mass is 10.1. The van der Waals surface area contributed by atoms with E-state index in [0.717, 1.165) is 16.3 Å². The van der Waals surface area contributed by atoms with Crippen LogP contribution in [0.3, 0.4) is 0 Å². The molecule has 0 heterocycles. The fourth-order valence-corrected chi connectivity index (χ4v) is 6.09. The van der Waals surface area contributed by atoms with Crippen molar-refractivity contribution in [2.24, 2.45) is 0 Å². The fraction of sp³-hybridized carbons (Fsp3) is 0.355. The molecule has 0 aliphatic carbocycles. The fourth-order valence-electron chi connectivity index (χ4n) is 4.43. The third kappa shape index (κ3) is 7.80. The van der Waals surface area contributed by atoms with Gasteiger partial charge in [-0.05, 0) is 74.2 Å². The van der Waals surface area contributed by atoms with E-state index in [1.54, 1.807) is 68.6 Å². The largest absolute Gasteiger partial charge is 0.497 e. The Bertz CT molecular complexity index is 1450. The Morgan fingerprint density at radius 2 is 1.66 bits per heavy atom. The number of carbonyl (C=O) groups excluding carboxylic acids is 2. The summed E-state index contributed by atoms with van der Waals surface area (Å²) in [5.74, 6) is -0.220. The zero-order chi connectivity index (χ0) is 30.2. The van der Waals surface area contributed by atoms with Gasteiger partial charge < -0.3 is 15.0 Å². The third-order valence-electron chi connectivity index (χ3n) is 6.99. The maximum absolute atomic E-state index is 14.2. The van der Waals surface area contributed by atoms with E-state index in [1.807, 2.05) is 26.8 Å². The van der Waals surface area contributed by atoms with Crippen molar-refractivity contribution in [2.45, 2.75) is 64.1 Å². The lowest BCUT2D eigenvalue weighted by molar-refractivity contribution is -0.140. The summed E-state index contributed by atoms with van der Waals surface area (Å²) < 4.78 is 34.4. The Morgan fingerprint density at radius 1 is 0.976 bits per heavy atom. The molecule has 220 valence electrons. The molecule has 41 heavy (non-hydrogen) atoms. The summed E-state index contributed by atoms with van der Waals surface area (Å²) in [7, 11) is -2.62. The summed E-state index contributed by atoms with van der Waals surface area (Å²) in [6.45, 7) is 6.94. The standard InChI is InChI=1S/C31H38ClN3O5S/c1-6-22(3)33-31(37)28(7-2)34(20-24-13-11-14-25(19-24)40-5)30(36)21-35(29-18-12-17-27(32)23(29)4)41(38,39)26-15-9-8-10-16-26/h8-19,22,28H,6-7,20-21H2,1-5H3,(H,33,37). The second kappa shape index (κ2) is 14.4. The van der Waals surface area contributed by atoms with Gasteiger partial charge in [-0.25, -0.2) is 8.42 Å². The second-order valence-corrected chi connectivity index (χ2v) is 12.1. The predicted molar refractivity (Wildman–Crippen MR) is 163 cm³/mol. The van der Waals surface area contributed by atoms with Crippen molar-refractivity contribution in [1.29, 1.82) is 0 Å². The Balaban J connectivity index is 2.10. The van der Waals surface area contributed by atoms with Crippen LogP contribution in [0, 0.1) is 6.92 Å². The molecule has 0 saturated heterocycles. The summed E-state index contributed by atoms with van der Waals surface area (Å²) in [6, 6.07) is 19.2. The Morgan fingerprint density at radius 3 is 2.29 bits per heavy atom. The van der Waals surface area contributed by atoms with Gasteiger partial charge in [0, 0.05) is 17.6 Å². The van der Waals surface area contributed by atoms with E-state index in [9.17, 15) is 18.0 Å². The molecular weight excluding hydrogens is 562 g/mol. The minimum Gasteiger partial charge on any atom is -0.497 e. The zero-order valence-electron chi connectivity index (χ0n) is 24.1. The smallest absolute Gasteiger partial charge is 0.264 e. The topological polar surface area (TPSA) is 96.0 Å². The van der Waals surface area contributed by atoms with Crippen molar-refractivity contribution in [2.75, 3.05) is 18.0 Å². The molecule has 8 nitrogen and oxygen atoms in total. The number of carbonyl (C=O) groups is 2. The summed E-state index contributed by atoms with van der Waals surface area (Å²) in [5.41, 5.74) is 1.54. The molecule has 0 saturated carbocycles. The first kappa shape index (κ1) is 32.0. The molecule has 1 N–H and O–H groups in total. The highest BCUT2D eigenvalue weighted by Crippen LogP contribution is 2.31. The molecule has 3 aromatic carbocycles. The van der Waals surface area contributed by atoms with Gasteiger partial charge in [0.2, 0.25) is 11.8 Å². The van der Waals surface area contributed by atoms with E-state index in [2.05, 4.69) is 5.32 Å².